The van der Waals surface area contributed by atoms with Crippen LogP contribution < -0.4 is 15.8 Å². The van der Waals surface area contributed by atoms with Crippen molar-refractivity contribution in [2.45, 2.75) is 6.92 Å². The van der Waals surface area contributed by atoms with Gasteiger partial charge < -0.3 is 15.8 Å². The number of aryl methyl sites for hydroxylation is 1. The van der Waals surface area contributed by atoms with Crippen LogP contribution in [0.25, 0.3) is 0 Å². The molecule has 0 aromatic heterocycles. The van der Waals surface area contributed by atoms with Crippen LogP contribution in [0.3, 0.4) is 0 Å². The van der Waals surface area contributed by atoms with Crippen molar-refractivity contribution in [3.8, 4) is 11.5 Å². The molecule has 0 atom stereocenters. The van der Waals surface area contributed by atoms with Crippen LogP contribution in [-0.2, 0) is 0 Å². The molecule has 0 radical (unpaired) electrons. The smallest absolute Gasteiger partial charge is 0.168 e. The number of para-hydroxylation sites is 3. The molecule has 0 bridgehead atoms. The van der Waals surface area contributed by atoms with Crippen molar-refractivity contribution in [1.29, 1.82) is 0 Å². The van der Waals surface area contributed by atoms with Crippen molar-refractivity contribution in [3.63, 3.8) is 0 Å². The van der Waals surface area contributed by atoms with E-state index in [9.17, 15) is 0 Å². The maximum atomic E-state index is 5.86. The highest BCUT2D eigenvalue weighted by Gasteiger charge is 2.06. The summed E-state index contributed by atoms with van der Waals surface area (Å²) in [5.41, 5.74) is 7.31. The van der Waals surface area contributed by atoms with E-state index >= 15 is 0 Å². The molecule has 0 aliphatic heterocycles. The van der Waals surface area contributed by atoms with Crippen molar-refractivity contribution in [3.05, 3.63) is 54.1 Å². The average molecular weight is 258 g/mol. The second kappa shape index (κ2) is 5.51. The summed E-state index contributed by atoms with van der Waals surface area (Å²) in [5, 5.41) is 3.12. The van der Waals surface area contributed by atoms with Crippen LogP contribution in [0.2, 0.25) is 0 Å². The van der Waals surface area contributed by atoms with E-state index in [1.54, 1.807) is 0 Å². The van der Waals surface area contributed by atoms with E-state index in [4.69, 9.17) is 22.7 Å². The minimum Gasteiger partial charge on any atom is -0.455 e. The van der Waals surface area contributed by atoms with E-state index in [1.807, 2.05) is 55.5 Å². The Balaban J connectivity index is 2.29. The van der Waals surface area contributed by atoms with Crippen LogP contribution in [0.1, 0.15) is 5.56 Å². The Bertz CT molecular complexity index is 569. The Morgan fingerprint density at radius 2 is 1.67 bits per heavy atom. The highest BCUT2D eigenvalue weighted by Crippen LogP contribution is 2.30. The summed E-state index contributed by atoms with van der Waals surface area (Å²) in [6.45, 7) is 2.00. The summed E-state index contributed by atoms with van der Waals surface area (Å²) >= 11 is 4.84. The molecule has 0 saturated heterocycles. The zero-order chi connectivity index (χ0) is 13.0. The largest absolute Gasteiger partial charge is 0.455 e. The van der Waals surface area contributed by atoms with Gasteiger partial charge in [-0.25, -0.2) is 0 Å². The first-order valence-electron chi connectivity index (χ1n) is 5.56. The molecular weight excluding hydrogens is 244 g/mol. The number of anilines is 1. The average Bonchev–Trinajstić information content (AvgIpc) is 2.34. The lowest BCUT2D eigenvalue weighted by Gasteiger charge is -2.13. The number of hydrogen-bond acceptors (Lipinski definition) is 2. The van der Waals surface area contributed by atoms with Crippen LogP contribution in [-0.4, -0.2) is 5.11 Å². The minimum atomic E-state index is 0.218. The number of rotatable bonds is 3. The molecule has 0 amide bonds. The van der Waals surface area contributed by atoms with E-state index in [0.717, 1.165) is 17.0 Å². The number of hydrogen-bond donors (Lipinski definition) is 2. The van der Waals surface area contributed by atoms with Crippen LogP contribution in [0.15, 0.2) is 48.5 Å². The van der Waals surface area contributed by atoms with Crippen LogP contribution in [0.4, 0.5) is 5.69 Å². The molecule has 4 heteroatoms. The maximum Gasteiger partial charge on any atom is 0.168 e. The first-order valence-corrected chi connectivity index (χ1v) is 5.96. The van der Waals surface area contributed by atoms with E-state index in [-0.39, 0.29) is 5.11 Å². The van der Waals surface area contributed by atoms with Gasteiger partial charge in [-0.3, -0.25) is 0 Å². The second-order valence-corrected chi connectivity index (χ2v) is 4.29. The summed E-state index contributed by atoms with van der Waals surface area (Å²) in [7, 11) is 0. The summed E-state index contributed by atoms with van der Waals surface area (Å²) in [6.07, 6.45) is 0. The SMILES string of the molecule is Cc1ccccc1Oc1ccccc1NC(N)=S. The van der Waals surface area contributed by atoms with Crippen LogP contribution >= 0.6 is 12.2 Å². The molecule has 2 rings (SSSR count). The first-order chi connectivity index (χ1) is 8.66. The third-order valence-electron chi connectivity index (χ3n) is 2.46. The van der Waals surface area contributed by atoms with Crippen molar-refractivity contribution in [2.75, 3.05) is 5.32 Å². The van der Waals surface area contributed by atoms with E-state index in [1.165, 1.54) is 0 Å². The van der Waals surface area contributed by atoms with Gasteiger partial charge in [0.15, 0.2) is 10.9 Å². The third-order valence-corrected chi connectivity index (χ3v) is 2.56. The van der Waals surface area contributed by atoms with Gasteiger partial charge in [-0.05, 0) is 42.9 Å². The molecular formula is C14H14N2OS. The predicted molar refractivity (Wildman–Crippen MR) is 78.1 cm³/mol. The molecule has 0 aliphatic rings. The predicted octanol–water partition coefficient (Wildman–Crippen LogP) is 3.44. The van der Waals surface area contributed by atoms with Gasteiger partial charge in [0, 0.05) is 0 Å². The standard InChI is InChI=1S/C14H14N2OS/c1-10-6-2-4-8-12(10)17-13-9-5-3-7-11(13)16-14(15)18/h2-9H,1H3,(H3,15,16,18). The lowest BCUT2D eigenvalue weighted by Crippen LogP contribution is -2.19. The van der Waals surface area contributed by atoms with Crippen LogP contribution in [0, 0.1) is 6.92 Å². The van der Waals surface area contributed by atoms with Gasteiger partial charge in [0.25, 0.3) is 0 Å². The molecule has 0 saturated carbocycles. The summed E-state index contributed by atoms with van der Waals surface area (Å²) < 4.78 is 5.86. The third kappa shape index (κ3) is 2.99. The fourth-order valence-corrected chi connectivity index (χ4v) is 1.69. The molecule has 18 heavy (non-hydrogen) atoms. The monoisotopic (exact) mass is 258 g/mol. The maximum absolute atomic E-state index is 5.86. The van der Waals surface area contributed by atoms with Crippen molar-refractivity contribution in [2.24, 2.45) is 5.73 Å². The first kappa shape index (κ1) is 12.4. The molecule has 0 fully saturated rings. The van der Waals surface area contributed by atoms with Gasteiger partial charge in [0.05, 0.1) is 5.69 Å². The quantitative estimate of drug-likeness (QED) is 0.828. The van der Waals surface area contributed by atoms with Crippen molar-refractivity contribution >= 4 is 23.0 Å². The number of nitrogens with two attached hydrogens (primary N) is 1. The number of benzene rings is 2. The van der Waals surface area contributed by atoms with E-state index in [2.05, 4.69) is 5.32 Å². The summed E-state index contributed by atoms with van der Waals surface area (Å²) in [5.74, 6) is 1.51. The Kier molecular flexibility index (Phi) is 3.79. The Morgan fingerprint density at radius 1 is 1.06 bits per heavy atom. The van der Waals surface area contributed by atoms with E-state index in [0.29, 0.717) is 5.75 Å². The highest BCUT2D eigenvalue weighted by atomic mass is 32.1. The molecule has 0 aliphatic carbocycles. The van der Waals surface area contributed by atoms with Gasteiger partial charge in [-0.2, -0.15) is 0 Å². The van der Waals surface area contributed by atoms with Gasteiger partial charge in [-0.15, -0.1) is 0 Å². The fourth-order valence-electron chi connectivity index (χ4n) is 1.58. The van der Waals surface area contributed by atoms with Crippen LogP contribution in [0.5, 0.6) is 11.5 Å². The van der Waals surface area contributed by atoms with Gasteiger partial charge in [0.1, 0.15) is 5.75 Å². The summed E-state index contributed by atoms with van der Waals surface area (Å²) in [6, 6.07) is 15.4. The Morgan fingerprint density at radius 3 is 2.33 bits per heavy atom. The lowest BCUT2D eigenvalue weighted by atomic mass is 10.2. The molecule has 0 unspecified atom stereocenters. The molecule has 2 aromatic rings. The summed E-state index contributed by atoms with van der Waals surface area (Å²) in [4.78, 5) is 0. The zero-order valence-corrected chi connectivity index (χ0v) is 10.8. The van der Waals surface area contributed by atoms with Gasteiger partial charge >= 0.3 is 0 Å². The molecule has 3 N–H and O–H groups in total. The van der Waals surface area contributed by atoms with Crippen molar-refractivity contribution in [1.82, 2.24) is 0 Å². The fraction of sp³-hybridized carbons (Fsp3) is 0.0714. The van der Waals surface area contributed by atoms with Gasteiger partial charge in [0.2, 0.25) is 0 Å². The topological polar surface area (TPSA) is 47.3 Å². The second-order valence-electron chi connectivity index (χ2n) is 3.85. The number of nitrogens with one attached hydrogen (secondary N) is 1. The zero-order valence-electron chi connectivity index (χ0n) is 10.0. The van der Waals surface area contributed by atoms with Crippen molar-refractivity contribution < 1.29 is 4.74 Å². The van der Waals surface area contributed by atoms with E-state index < -0.39 is 0 Å². The molecule has 0 spiro atoms. The lowest BCUT2D eigenvalue weighted by molar-refractivity contribution is 0.481. The van der Waals surface area contributed by atoms with Gasteiger partial charge in [-0.1, -0.05) is 30.3 Å². The highest BCUT2D eigenvalue weighted by molar-refractivity contribution is 7.80. The molecule has 92 valence electrons. The molecule has 0 heterocycles. The Labute approximate surface area is 112 Å². The minimum absolute atomic E-state index is 0.218. The Hall–Kier alpha value is -2.07. The number of ether oxygens (including phenoxy) is 1. The molecule has 2 aromatic carbocycles. The number of thiocarbonyl (C=S) groups is 1. The normalized spacial score (nSPS) is 9.83. The molecule has 3 nitrogen and oxygen atoms in total.